The average molecular weight is 365 g/mol. The molecule has 0 radical (unpaired) electrons. The molecule has 0 spiro atoms. The van der Waals surface area contributed by atoms with Crippen LogP contribution < -0.4 is 5.43 Å². The van der Waals surface area contributed by atoms with Gasteiger partial charge in [0, 0.05) is 9.75 Å². The predicted octanol–water partition coefficient (Wildman–Crippen LogP) is 5.16. The number of nitrogens with zero attached hydrogens (tertiary/aromatic N) is 1. The third-order valence-electron chi connectivity index (χ3n) is 4.42. The molecule has 0 saturated carbocycles. The Balaban J connectivity index is 2.23. The average Bonchev–Trinajstić information content (AvgIpc) is 2.66. The van der Waals surface area contributed by atoms with Crippen molar-refractivity contribution in [3.8, 4) is 20.9 Å². The monoisotopic (exact) mass is 364 g/mol. The highest BCUT2D eigenvalue weighted by Gasteiger charge is 2.19. The van der Waals surface area contributed by atoms with Crippen LogP contribution in [0.3, 0.4) is 0 Å². The molecule has 3 aromatic rings. The van der Waals surface area contributed by atoms with E-state index in [9.17, 15) is 0 Å². The van der Waals surface area contributed by atoms with Crippen LogP contribution in [-0.2, 0) is 0 Å². The zero-order valence-corrected chi connectivity index (χ0v) is 16.8. The van der Waals surface area contributed by atoms with Gasteiger partial charge in [-0.3, -0.25) is 4.42 Å². The van der Waals surface area contributed by atoms with Gasteiger partial charge in [0.25, 0.3) is 6.61 Å². The molecule has 1 heterocycles. The van der Waals surface area contributed by atoms with Crippen molar-refractivity contribution in [1.29, 1.82) is 0 Å². The maximum atomic E-state index is 6.27. The molecule has 1 aromatic heterocycles. The Labute approximate surface area is 160 Å². The van der Waals surface area contributed by atoms with Gasteiger partial charge in [-0.15, -0.1) is 11.3 Å². The topological polar surface area (TPSA) is 14.5 Å². The van der Waals surface area contributed by atoms with Crippen LogP contribution in [0, 0.1) is 13.8 Å². The van der Waals surface area contributed by atoms with E-state index in [0.29, 0.717) is 6.61 Å². The summed E-state index contributed by atoms with van der Waals surface area (Å²) in [4.78, 5) is 4.69. The fourth-order valence-electron chi connectivity index (χ4n) is 3.02. The Morgan fingerprint density at radius 2 is 1.23 bits per heavy atom. The van der Waals surface area contributed by atoms with Gasteiger partial charge in [-0.25, -0.2) is 0 Å². The number of rotatable bonds is 5. The Morgan fingerprint density at radius 3 is 1.65 bits per heavy atom. The van der Waals surface area contributed by atoms with Crippen LogP contribution in [0.15, 0.2) is 65.1 Å². The summed E-state index contributed by atoms with van der Waals surface area (Å²) < 4.78 is 6.27. The highest BCUT2D eigenvalue weighted by molar-refractivity contribution is 7.18. The minimum Gasteiger partial charge on any atom is -0.301 e. The van der Waals surface area contributed by atoms with Crippen molar-refractivity contribution in [2.24, 2.45) is 0 Å². The maximum Gasteiger partial charge on any atom is 0.352 e. The second kappa shape index (κ2) is 8.43. The van der Waals surface area contributed by atoms with Crippen molar-refractivity contribution in [3.05, 3.63) is 81.6 Å². The summed E-state index contributed by atoms with van der Waals surface area (Å²) in [6.07, 6.45) is 0. The van der Waals surface area contributed by atoms with Crippen LogP contribution in [0.1, 0.15) is 11.1 Å². The number of hydrogen-bond donors (Lipinski definition) is 0. The second-order valence-electron chi connectivity index (χ2n) is 6.72. The van der Waals surface area contributed by atoms with Crippen molar-refractivity contribution in [2.45, 2.75) is 13.8 Å². The summed E-state index contributed by atoms with van der Waals surface area (Å²) in [5.41, 5.74) is 5.94. The van der Waals surface area contributed by atoms with E-state index in [1.807, 2.05) is 11.3 Å². The molecule has 0 unspecified atom stereocenters. The van der Waals surface area contributed by atoms with E-state index in [0.717, 1.165) is 12.0 Å². The van der Waals surface area contributed by atoms with Gasteiger partial charge in [0.2, 0.25) is 0 Å². The zero-order chi connectivity index (χ0) is 18.5. The fourth-order valence-corrected chi connectivity index (χ4v) is 4.22. The molecule has 0 aliphatic rings. The van der Waals surface area contributed by atoms with Gasteiger partial charge in [0.05, 0.1) is 17.7 Å². The minimum atomic E-state index is 0.686. The standard InChI is InChI=1S/C23H26NOS/c1-17-21(25-16-15-24(3)4)18(2)23(20-13-9-6-10-14-20)26-22(17)19-11-7-5-8-12-19/h5-14H,15-16H2,1-4H3/q+1. The van der Waals surface area contributed by atoms with Gasteiger partial charge < -0.3 is 4.90 Å². The summed E-state index contributed by atoms with van der Waals surface area (Å²) in [7, 11) is 4.14. The number of likely N-dealkylation sites (N-methyl/N-ethyl adjacent to an activating group) is 1. The van der Waals surface area contributed by atoms with E-state index in [2.05, 4.69) is 93.5 Å². The summed E-state index contributed by atoms with van der Waals surface area (Å²) in [5, 5.41) is 0. The third kappa shape index (κ3) is 4.12. The Bertz CT molecular complexity index is 861. The van der Waals surface area contributed by atoms with Gasteiger partial charge in [-0.2, -0.15) is 0 Å². The van der Waals surface area contributed by atoms with E-state index in [1.165, 1.54) is 32.0 Å². The van der Waals surface area contributed by atoms with Crippen LogP contribution in [-0.4, -0.2) is 32.1 Å². The first-order valence-electron chi connectivity index (χ1n) is 8.93. The first-order valence-corrected chi connectivity index (χ1v) is 9.75. The van der Waals surface area contributed by atoms with Crippen molar-refractivity contribution in [1.82, 2.24) is 4.90 Å². The predicted molar refractivity (Wildman–Crippen MR) is 114 cm³/mol. The minimum absolute atomic E-state index is 0.686. The quantitative estimate of drug-likeness (QED) is 0.571. The number of hydrogen-bond acceptors (Lipinski definition) is 2. The molecule has 26 heavy (non-hydrogen) atoms. The molecule has 2 aromatic carbocycles. The molecular weight excluding hydrogens is 338 g/mol. The van der Waals surface area contributed by atoms with Crippen LogP contribution in [0.25, 0.3) is 20.9 Å². The number of benzene rings is 2. The molecule has 0 N–H and O–H groups in total. The van der Waals surface area contributed by atoms with Crippen LogP contribution in [0.5, 0.6) is 0 Å². The SMILES string of the molecule is Cc1c(-c2ccccc2)sc(-c2ccccc2)c(C)c1=[O+]CCN(C)C. The largest absolute Gasteiger partial charge is 0.352 e. The lowest BCUT2D eigenvalue weighted by Gasteiger charge is -2.10. The van der Waals surface area contributed by atoms with Gasteiger partial charge in [0.1, 0.15) is 0 Å². The van der Waals surface area contributed by atoms with Crippen LogP contribution >= 0.6 is 11.3 Å². The van der Waals surface area contributed by atoms with Crippen molar-refractivity contribution in [3.63, 3.8) is 0 Å². The highest BCUT2D eigenvalue weighted by Crippen LogP contribution is 2.35. The molecule has 0 amide bonds. The molecule has 0 aliphatic heterocycles. The Kier molecular flexibility index (Phi) is 6.02. The van der Waals surface area contributed by atoms with E-state index < -0.39 is 0 Å². The molecule has 0 aliphatic carbocycles. The van der Waals surface area contributed by atoms with Gasteiger partial charge in [-0.05, 0) is 39.1 Å². The molecular formula is C23H26NOS+. The van der Waals surface area contributed by atoms with E-state index >= 15 is 0 Å². The van der Waals surface area contributed by atoms with Gasteiger partial charge in [-0.1, -0.05) is 60.7 Å². The maximum absolute atomic E-state index is 6.27. The van der Waals surface area contributed by atoms with Crippen LogP contribution in [0.4, 0.5) is 0 Å². The molecule has 3 rings (SSSR count). The first-order chi connectivity index (χ1) is 12.6. The fraction of sp³-hybridized carbons (Fsp3) is 0.261. The molecule has 0 atom stereocenters. The van der Waals surface area contributed by atoms with E-state index in [1.54, 1.807) is 0 Å². The van der Waals surface area contributed by atoms with Crippen molar-refractivity contribution < 1.29 is 0 Å². The van der Waals surface area contributed by atoms with Crippen molar-refractivity contribution in [2.75, 3.05) is 27.2 Å². The Hall–Kier alpha value is -2.23. The zero-order valence-electron chi connectivity index (χ0n) is 16.0. The molecule has 3 heteroatoms. The van der Waals surface area contributed by atoms with Gasteiger partial charge in [0.15, 0.2) is 0 Å². The molecule has 0 fully saturated rings. The molecule has 134 valence electrons. The summed E-state index contributed by atoms with van der Waals surface area (Å²) in [6.45, 7) is 5.93. The lowest BCUT2D eigenvalue weighted by atomic mass is 10.1. The van der Waals surface area contributed by atoms with Crippen LogP contribution in [0.2, 0.25) is 0 Å². The second-order valence-corrected chi connectivity index (χ2v) is 7.74. The van der Waals surface area contributed by atoms with Crippen molar-refractivity contribution >= 4 is 11.3 Å². The molecule has 0 saturated heterocycles. The van der Waals surface area contributed by atoms with E-state index in [-0.39, 0.29) is 0 Å². The Morgan fingerprint density at radius 1 is 0.769 bits per heavy atom. The summed E-state index contributed by atoms with van der Waals surface area (Å²) in [5.74, 6) is 0. The highest BCUT2D eigenvalue weighted by atomic mass is 32.1. The smallest absolute Gasteiger partial charge is 0.301 e. The first kappa shape index (κ1) is 18.6. The lowest BCUT2D eigenvalue weighted by Crippen LogP contribution is -2.19. The summed E-state index contributed by atoms with van der Waals surface area (Å²) >= 11 is 1.85. The molecule has 0 bridgehead atoms. The normalized spacial score (nSPS) is 11.0. The lowest BCUT2D eigenvalue weighted by molar-refractivity contribution is 0.427. The molecule has 2 nitrogen and oxygen atoms in total. The third-order valence-corrected chi connectivity index (χ3v) is 5.92. The summed E-state index contributed by atoms with van der Waals surface area (Å²) in [6, 6.07) is 21.2. The van der Waals surface area contributed by atoms with E-state index in [4.69, 9.17) is 4.42 Å². The van der Waals surface area contributed by atoms with Gasteiger partial charge >= 0.3 is 5.43 Å².